The Balaban J connectivity index is 0.971. The maximum atomic E-state index is 6.85. The summed E-state index contributed by atoms with van der Waals surface area (Å²) in [5, 5.41) is 5.35. The number of aryl methyl sites for hydroxylation is 1. The molecule has 1 aliphatic carbocycles. The van der Waals surface area contributed by atoms with E-state index in [1.54, 1.807) is 0 Å². The molecule has 0 saturated heterocycles. The van der Waals surface area contributed by atoms with Gasteiger partial charge in [0.15, 0.2) is 0 Å². The first kappa shape index (κ1) is 36.9. The number of nitrogens with zero attached hydrogens (tertiary/aromatic N) is 4. The van der Waals surface area contributed by atoms with Crippen LogP contribution in [-0.2, 0) is 12.8 Å². The van der Waals surface area contributed by atoms with Crippen molar-refractivity contribution in [3.8, 4) is 39.5 Å². The lowest BCUT2D eigenvalue weighted by Gasteiger charge is -2.33. The molecule has 2 aliphatic rings. The average molecular weight is 845 g/mol. The van der Waals surface area contributed by atoms with Crippen LogP contribution >= 0.6 is 0 Å². The highest BCUT2D eigenvalue weighted by atomic mass is 16.3. The third-order valence-electron chi connectivity index (χ3n) is 13.8. The molecule has 14 rings (SSSR count). The molecule has 0 saturated carbocycles. The smallest absolute Gasteiger partial charge is 0.235 e. The number of hydrogen-bond donors (Lipinski definition) is 0. The van der Waals surface area contributed by atoms with Crippen molar-refractivity contribution < 1.29 is 4.42 Å². The third kappa shape index (κ3) is 5.66. The number of para-hydroxylation sites is 5. The molecule has 0 N–H and O–H groups in total. The molecule has 5 nitrogen and oxygen atoms in total. The summed E-state index contributed by atoms with van der Waals surface area (Å²) in [6, 6.07) is 70.0. The van der Waals surface area contributed by atoms with Crippen LogP contribution in [0.5, 0.6) is 0 Å². The van der Waals surface area contributed by atoms with E-state index in [9.17, 15) is 0 Å². The number of benzene rings is 9. The van der Waals surface area contributed by atoms with Gasteiger partial charge in [0.1, 0.15) is 11.2 Å². The summed E-state index contributed by atoms with van der Waals surface area (Å²) in [5.41, 5.74) is 20.1. The fraction of sp³-hybridized carbons (Fsp3) is 0.0492. The maximum Gasteiger partial charge on any atom is 0.235 e. The van der Waals surface area contributed by atoms with E-state index < -0.39 is 0 Å². The Morgan fingerprint density at radius 3 is 2.12 bits per heavy atom. The van der Waals surface area contributed by atoms with Crippen LogP contribution in [0.2, 0.25) is 0 Å². The Labute approximate surface area is 381 Å². The highest BCUT2D eigenvalue weighted by Crippen LogP contribution is 2.47. The van der Waals surface area contributed by atoms with Gasteiger partial charge in [0, 0.05) is 56.2 Å². The lowest BCUT2D eigenvalue weighted by atomic mass is 9.91. The average Bonchev–Trinajstić information content (AvgIpc) is 3.93. The van der Waals surface area contributed by atoms with Crippen LogP contribution in [0.25, 0.3) is 100 Å². The van der Waals surface area contributed by atoms with Crippen molar-refractivity contribution >= 4 is 77.8 Å². The fourth-order valence-electron chi connectivity index (χ4n) is 10.8. The first-order valence-corrected chi connectivity index (χ1v) is 22.8. The van der Waals surface area contributed by atoms with E-state index in [1.807, 2.05) is 6.07 Å². The maximum absolute atomic E-state index is 6.85. The first-order valence-electron chi connectivity index (χ1n) is 22.8. The van der Waals surface area contributed by atoms with Gasteiger partial charge in [-0.3, -0.25) is 4.57 Å². The molecule has 9 aromatic carbocycles. The van der Waals surface area contributed by atoms with E-state index in [0.717, 1.165) is 102 Å². The monoisotopic (exact) mass is 844 g/mol. The zero-order valence-corrected chi connectivity index (χ0v) is 35.9. The molecule has 4 heterocycles. The van der Waals surface area contributed by atoms with Gasteiger partial charge >= 0.3 is 0 Å². The Kier molecular flexibility index (Phi) is 8.10. The van der Waals surface area contributed by atoms with Gasteiger partial charge in [-0.1, -0.05) is 146 Å². The summed E-state index contributed by atoms with van der Waals surface area (Å²) in [5.74, 6) is 0.626. The van der Waals surface area contributed by atoms with E-state index in [-0.39, 0.29) is 0 Å². The lowest BCUT2D eigenvalue weighted by Crippen LogP contribution is -2.18. The number of hydrogen-bond acceptors (Lipinski definition) is 4. The van der Waals surface area contributed by atoms with E-state index in [0.29, 0.717) is 5.95 Å². The van der Waals surface area contributed by atoms with Crippen LogP contribution in [0.3, 0.4) is 0 Å². The van der Waals surface area contributed by atoms with Crippen molar-refractivity contribution in [2.24, 2.45) is 0 Å². The second-order valence-corrected chi connectivity index (χ2v) is 17.6. The molecule has 0 unspecified atom stereocenters. The predicted molar refractivity (Wildman–Crippen MR) is 272 cm³/mol. The normalized spacial score (nSPS) is 13.2. The molecule has 66 heavy (non-hydrogen) atoms. The Bertz CT molecular complexity index is 3970. The van der Waals surface area contributed by atoms with Crippen LogP contribution in [0.4, 0.5) is 17.1 Å². The molecule has 0 fully saturated rings. The fourth-order valence-corrected chi connectivity index (χ4v) is 10.8. The van der Waals surface area contributed by atoms with Crippen LogP contribution in [-0.4, -0.2) is 14.5 Å². The topological polar surface area (TPSA) is 47.1 Å². The zero-order chi connectivity index (χ0) is 43.3. The van der Waals surface area contributed by atoms with Gasteiger partial charge in [-0.2, -0.15) is 0 Å². The molecule has 1 aliphatic heterocycles. The number of anilines is 3. The summed E-state index contributed by atoms with van der Waals surface area (Å²) in [6.07, 6.45) is 7.45. The standard InChI is InChI=1S/C61H40N4O/c1-2-17-46(18-3-1)64-53-23-11-6-16-43(53)36-45-35-42(32-33-54(45)64)39-26-29-40(30-27-39)50-37-51-47-19-9-13-25-56(47)66-60(51)57-49-21-8-12-24-55(49)65(59(50)57)61-62-52-22-10-7-20-48(52)58(63-61)44-31-28-38-14-4-5-15-41(38)34-44/h1-4,6-14,16-35,37H,5,15,36H2. The van der Waals surface area contributed by atoms with Gasteiger partial charge in [0.2, 0.25) is 5.95 Å². The highest BCUT2D eigenvalue weighted by Gasteiger charge is 2.27. The Morgan fingerprint density at radius 1 is 0.500 bits per heavy atom. The summed E-state index contributed by atoms with van der Waals surface area (Å²) < 4.78 is 9.12. The first-order chi connectivity index (χ1) is 32.7. The molecule has 0 amide bonds. The zero-order valence-electron chi connectivity index (χ0n) is 35.9. The second-order valence-electron chi connectivity index (χ2n) is 17.6. The van der Waals surface area contributed by atoms with Gasteiger partial charge in [-0.15, -0.1) is 0 Å². The minimum atomic E-state index is 0.626. The summed E-state index contributed by atoms with van der Waals surface area (Å²) >= 11 is 0. The molecule has 0 bridgehead atoms. The number of allylic oxidation sites excluding steroid dienone is 1. The largest absolute Gasteiger partial charge is 0.455 e. The van der Waals surface area contributed by atoms with Gasteiger partial charge in [0.05, 0.1) is 27.6 Å². The van der Waals surface area contributed by atoms with Crippen molar-refractivity contribution in [3.63, 3.8) is 0 Å². The van der Waals surface area contributed by atoms with Crippen LogP contribution in [0.15, 0.2) is 205 Å². The second kappa shape index (κ2) is 14.5. The van der Waals surface area contributed by atoms with Crippen molar-refractivity contribution in [1.29, 1.82) is 0 Å². The van der Waals surface area contributed by atoms with E-state index in [2.05, 4.69) is 210 Å². The molecule has 0 spiro atoms. The minimum absolute atomic E-state index is 0.626. The SMILES string of the molecule is C1=Cc2ccc(-c3nc(-n4c5ccccc5c5c6oc7ccccc7c6cc(-c6ccc(-c7ccc8c(c7)Cc7ccccc7N8c7ccccc7)cc6)c54)nc4ccccc34)cc2CC1. The molecule has 310 valence electrons. The van der Waals surface area contributed by atoms with Crippen molar-refractivity contribution in [3.05, 3.63) is 222 Å². The van der Waals surface area contributed by atoms with E-state index in [4.69, 9.17) is 14.4 Å². The Hall–Kier alpha value is -8.54. The lowest BCUT2D eigenvalue weighted by molar-refractivity contribution is 0.673. The highest BCUT2D eigenvalue weighted by molar-refractivity contribution is 6.27. The van der Waals surface area contributed by atoms with E-state index in [1.165, 1.54) is 44.8 Å². The Morgan fingerprint density at radius 2 is 1.21 bits per heavy atom. The molecular formula is C61H40N4O. The van der Waals surface area contributed by atoms with Gasteiger partial charge in [0.25, 0.3) is 0 Å². The van der Waals surface area contributed by atoms with Gasteiger partial charge < -0.3 is 9.32 Å². The summed E-state index contributed by atoms with van der Waals surface area (Å²) in [4.78, 5) is 13.3. The van der Waals surface area contributed by atoms with E-state index >= 15 is 0 Å². The molecule has 0 atom stereocenters. The van der Waals surface area contributed by atoms with Crippen molar-refractivity contribution in [1.82, 2.24) is 14.5 Å². The predicted octanol–water partition coefficient (Wildman–Crippen LogP) is 16.0. The van der Waals surface area contributed by atoms with Crippen molar-refractivity contribution in [2.75, 3.05) is 4.90 Å². The van der Waals surface area contributed by atoms with Crippen molar-refractivity contribution in [2.45, 2.75) is 19.3 Å². The number of aromatic nitrogens is 3. The van der Waals surface area contributed by atoms with Crippen LogP contribution < -0.4 is 4.90 Å². The number of fused-ring (bicyclic) bond motifs is 11. The summed E-state index contributed by atoms with van der Waals surface area (Å²) in [7, 11) is 0. The summed E-state index contributed by atoms with van der Waals surface area (Å²) in [6.45, 7) is 0. The van der Waals surface area contributed by atoms with Crippen LogP contribution in [0, 0.1) is 0 Å². The molecule has 0 radical (unpaired) electrons. The van der Waals surface area contributed by atoms with Crippen LogP contribution in [0.1, 0.15) is 28.7 Å². The third-order valence-corrected chi connectivity index (χ3v) is 13.8. The minimum Gasteiger partial charge on any atom is -0.455 e. The number of rotatable bonds is 5. The van der Waals surface area contributed by atoms with Gasteiger partial charge in [-0.05, 0) is 112 Å². The quantitative estimate of drug-likeness (QED) is 0.173. The molecule has 3 aromatic heterocycles. The van der Waals surface area contributed by atoms with Gasteiger partial charge in [-0.25, -0.2) is 9.97 Å². The molecular weight excluding hydrogens is 805 g/mol. The number of furan rings is 1. The molecule has 5 heteroatoms. The molecule has 12 aromatic rings.